The average molecular weight is 284 g/mol. The molecule has 1 atom stereocenters. The lowest BCUT2D eigenvalue weighted by molar-refractivity contribution is 0.346. The van der Waals surface area contributed by atoms with Crippen LogP contribution in [0.5, 0.6) is 0 Å². The second-order valence-electron chi connectivity index (χ2n) is 6.91. The van der Waals surface area contributed by atoms with Crippen LogP contribution in [-0.4, -0.2) is 21.0 Å². The van der Waals surface area contributed by atoms with Crippen molar-refractivity contribution in [1.29, 1.82) is 0 Å². The molecule has 1 aromatic carbocycles. The van der Waals surface area contributed by atoms with Crippen molar-refractivity contribution in [3.05, 3.63) is 47.3 Å². The summed E-state index contributed by atoms with van der Waals surface area (Å²) in [5, 5.41) is 12.1. The van der Waals surface area contributed by atoms with Gasteiger partial charge in [0.1, 0.15) is 0 Å². The Morgan fingerprint density at radius 1 is 1.24 bits per heavy atom. The highest BCUT2D eigenvalue weighted by Gasteiger charge is 2.19. The van der Waals surface area contributed by atoms with Gasteiger partial charge in [-0.25, -0.2) is 4.68 Å². The van der Waals surface area contributed by atoms with E-state index in [1.54, 1.807) is 0 Å². The Balaban J connectivity index is 1.58. The van der Waals surface area contributed by atoms with E-state index in [0.717, 1.165) is 18.7 Å². The first kappa shape index (κ1) is 14.3. The maximum atomic E-state index is 4.26. The molecule has 2 aromatic rings. The lowest BCUT2D eigenvalue weighted by Gasteiger charge is -2.25. The lowest BCUT2D eigenvalue weighted by Crippen LogP contribution is -2.34. The second-order valence-corrected chi connectivity index (χ2v) is 6.91. The minimum Gasteiger partial charge on any atom is -0.308 e. The van der Waals surface area contributed by atoms with E-state index in [4.69, 9.17) is 0 Å². The molecule has 0 bridgehead atoms. The molecule has 0 radical (unpaired) electrons. The molecule has 3 rings (SSSR count). The zero-order valence-electron chi connectivity index (χ0n) is 13.1. The van der Waals surface area contributed by atoms with Crippen LogP contribution < -0.4 is 5.32 Å². The van der Waals surface area contributed by atoms with Crippen molar-refractivity contribution in [3.63, 3.8) is 0 Å². The SMILES string of the molecule is CC(C)(C)n1cc(CNC2CCc3ccccc3C2)nn1. The minimum atomic E-state index is -0.00493. The monoisotopic (exact) mass is 284 g/mol. The first-order chi connectivity index (χ1) is 10.0. The van der Waals surface area contributed by atoms with Gasteiger partial charge in [0.05, 0.1) is 17.4 Å². The smallest absolute Gasteiger partial charge is 0.0965 e. The molecule has 1 aliphatic carbocycles. The molecule has 4 nitrogen and oxygen atoms in total. The number of hydrogen-bond donors (Lipinski definition) is 1. The van der Waals surface area contributed by atoms with Crippen LogP contribution in [0.25, 0.3) is 0 Å². The summed E-state index contributed by atoms with van der Waals surface area (Å²) in [5.74, 6) is 0. The van der Waals surface area contributed by atoms with Gasteiger partial charge < -0.3 is 5.32 Å². The van der Waals surface area contributed by atoms with Crippen LogP contribution in [0.3, 0.4) is 0 Å². The number of fused-ring (bicyclic) bond motifs is 1. The molecule has 1 aliphatic rings. The third kappa shape index (κ3) is 3.32. The molecule has 21 heavy (non-hydrogen) atoms. The van der Waals surface area contributed by atoms with Crippen molar-refractivity contribution in [2.45, 2.75) is 58.2 Å². The molecule has 4 heteroatoms. The molecule has 0 aliphatic heterocycles. The molecule has 0 fully saturated rings. The maximum absolute atomic E-state index is 4.26. The summed E-state index contributed by atoms with van der Waals surface area (Å²) in [5.41, 5.74) is 4.01. The van der Waals surface area contributed by atoms with Crippen molar-refractivity contribution in [2.75, 3.05) is 0 Å². The first-order valence-electron chi connectivity index (χ1n) is 7.74. The van der Waals surface area contributed by atoms with Crippen LogP contribution in [0.4, 0.5) is 0 Å². The number of hydrogen-bond acceptors (Lipinski definition) is 3. The standard InChI is InChI=1S/C17H24N4/c1-17(2,3)21-12-16(19-20-21)11-18-15-9-8-13-6-4-5-7-14(13)10-15/h4-7,12,15,18H,8-11H2,1-3H3. The Kier molecular flexibility index (Phi) is 3.81. The highest BCUT2D eigenvalue weighted by atomic mass is 15.4. The first-order valence-corrected chi connectivity index (χ1v) is 7.74. The molecule has 1 heterocycles. The number of nitrogens with one attached hydrogen (secondary N) is 1. The summed E-state index contributed by atoms with van der Waals surface area (Å²) in [4.78, 5) is 0. The largest absolute Gasteiger partial charge is 0.308 e. The Morgan fingerprint density at radius 3 is 2.71 bits per heavy atom. The third-order valence-corrected chi connectivity index (χ3v) is 4.15. The van der Waals surface area contributed by atoms with Gasteiger partial charge in [0.15, 0.2) is 0 Å². The molecular weight excluding hydrogens is 260 g/mol. The molecule has 0 spiro atoms. The van der Waals surface area contributed by atoms with E-state index < -0.39 is 0 Å². The van der Waals surface area contributed by atoms with Gasteiger partial charge in [-0.1, -0.05) is 29.5 Å². The fraction of sp³-hybridized carbons (Fsp3) is 0.529. The normalized spacial score (nSPS) is 18.5. The summed E-state index contributed by atoms with van der Waals surface area (Å²) in [7, 11) is 0. The Morgan fingerprint density at radius 2 is 2.00 bits per heavy atom. The predicted molar refractivity (Wildman–Crippen MR) is 84.1 cm³/mol. The maximum Gasteiger partial charge on any atom is 0.0965 e. The molecule has 1 N–H and O–H groups in total. The Hall–Kier alpha value is -1.68. The van der Waals surface area contributed by atoms with Gasteiger partial charge in [-0.3, -0.25) is 0 Å². The topological polar surface area (TPSA) is 42.7 Å². The molecule has 0 saturated carbocycles. The van der Waals surface area contributed by atoms with Crippen LogP contribution >= 0.6 is 0 Å². The summed E-state index contributed by atoms with van der Waals surface area (Å²) in [6.07, 6.45) is 5.53. The van der Waals surface area contributed by atoms with E-state index in [2.05, 4.69) is 60.7 Å². The van der Waals surface area contributed by atoms with Crippen molar-refractivity contribution in [3.8, 4) is 0 Å². The van der Waals surface area contributed by atoms with Gasteiger partial charge in [0.25, 0.3) is 0 Å². The fourth-order valence-electron chi connectivity index (χ4n) is 2.83. The van der Waals surface area contributed by atoms with Gasteiger partial charge in [0, 0.05) is 12.6 Å². The Bertz CT molecular complexity index is 609. The minimum absolute atomic E-state index is 0.00493. The van der Waals surface area contributed by atoms with E-state index in [9.17, 15) is 0 Å². The Labute approximate surface area is 126 Å². The van der Waals surface area contributed by atoms with Crippen LogP contribution in [0.1, 0.15) is 44.0 Å². The van der Waals surface area contributed by atoms with E-state index in [1.165, 1.54) is 24.0 Å². The highest BCUT2D eigenvalue weighted by molar-refractivity contribution is 5.30. The zero-order chi connectivity index (χ0) is 14.9. The molecule has 0 amide bonds. The number of aromatic nitrogens is 3. The summed E-state index contributed by atoms with van der Waals surface area (Å²) < 4.78 is 1.93. The van der Waals surface area contributed by atoms with Crippen LogP contribution in [-0.2, 0) is 24.9 Å². The third-order valence-electron chi connectivity index (χ3n) is 4.15. The summed E-state index contributed by atoms with van der Waals surface area (Å²) >= 11 is 0. The molecule has 112 valence electrons. The summed E-state index contributed by atoms with van der Waals surface area (Å²) in [6.45, 7) is 7.20. The molecule has 1 aromatic heterocycles. The fourth-order valence-corrected chi connectivity index (χ4v) is 2.83. The van der Waals surface area contributed by atoms with E-state index in [0.29, 0.717) is 6.04 Å². The van der Waals surface area contributed by atoms with Crippen molar-refractivity contribution >= 4 is 0 Å². The highest BCUT2D eigenvalue weighted by Crippen LogP contribution is 2.21. The van der Waals surface area contributed by atoms with Crippen molar-refractivity contribution < 1.29 is 0 Å². The molecular formula is C17H24N4. The van der Waals surface area contributed by atoms with E-state index in [1.807, 2.05) is 10.9 Å². The number of benzene rings is 1. The van der Waals surface area contributed by atoms with Gasteiger partial charge in [-0.2, -0.15) is 0 Å². The zero-order valence-corrected chi connectivity index (χ0v) is 13.1. The second kappa shape index (κ2) is 5.60. The van der Waals surface area contributed by atoms with Gasteiger partial charge in [-0.15, -0.1) is 5.10 Å². The quantitative estimate of drug-likeness (QED) is 0.942. The summed E-state index contributed by atoms with van der Waals surface area (Å²) in [6, 6.07) is 9.31. The predicted octanol–water partition coefficient (Wildman–Crippen LogP) is 2.68. The number of rotatable bonds is 3. The number of nitrogens with zero attached hydrogens (tertiary/aromatic N) is 3. The van der Waals surface area contributed by atoms with Gasteiger partial charge in [0.2, 0.25) is 0 Å². The van der Waals surface area contributed by atoms with E-state index >= 15 is 0 Å². The molecule has 0 saturated heterocycles. The van der Waals surface area contributed by atoms with Crippen molar-refractivity contribution in [2.24, 2.45) is 0 Å². The van der Waals surface area contributed by atoms with Crippen LogP contribution in [0, 0.1) is 0 Å². The van der Waals surface area contributed by atoms with Gasteiger partial charge >= 0.3 is 0 Å². The van der Waals surface area contributed by atoms with Crippen molar-refractivity contribution in [1.82, 2.24) is 20.3 Å². The van der Waals surface area contributed by atoms with Crippen LogP contribution in [0.2, 0.25) is 0 Å². The lowest BCUT2D eigenvalue weighted by atomic mass is 9.88. The van der Waals surface area contributed by atoms with E-state index in [-0.39, 0.29) is 5.54 Å². The van der Waals surface area contributed by atoms with Crippen LogP contribution in [0.15, 0.2) is 30.5 Å². The number of aryl methyl sites for hydroxylation is 1. The van der Waals surface area contributed by atoms with Gasteiger partial charge in [-0.05, 0) is 51.2 Å². The average Bonchev–Trinajstić information content (AvgIpc) is 2.94. The molecule has 1 unspecified atom stereocenters.